The topological polar surface area (TPSA) is 38.3 Å². The highest BCUT2D eigenvalue weighted by atomic mass is 19.1. The summed E-state index contributed by atoms with van der Waals surface area (Å²) in [5.41, 5.74) is -0.517. The van der Waals surface area contributed by atoms with Gasteiger partial charge in [0.2, 0.25) is 0 Å². The minimum absolute atomic E-state index is 0.147. The van der Waals surface area contributed by atoms with Crippen molar-refractivity contribution in [1.82, 2.24) is 5.32 Å². The summed E-state index contributed by atoms with van der Waals surface area (Å²) in [6, 6.07) is 3.25. The molecular formula is C15H19F2NO2. The minimum Gasteiger partial charge on any atom is -0.378 e. The predicted octanol–water partition coefficient (Wildman–Crippen LogP) is 3.04. The maximum Gasteiger partial charge on any atom is 0.257 e. The van der Waals surface area contributed by atoms with Crippen LogP contribution < -0.4 is 5.32 Å². The van der Waals surface area contributed by atoms with Crippen molar-refractivity contribution in [3.05, 3.63) is 35.4 Å². The molecule has 0 saturated carbocycles. The van der Waals surface area contributed by atoms with E-state index in [0.717, 1.165) is 44.4 Å². The second-order valence-corrected chi connectivity index (χ2v) is 5.18. The zero-order valence-corrected chi connectivity index (χ0v) is 11.5. The van der Waals surface area contributed by atoms with E-state index in [-0.39, 0.29) is 12.1 Å². The fourth-order valence-electron chi connectivity index (χ4n) is 2.39. The van der Waals surface area contributed by atoms with E-state index in [4.69, 9.17) is 4.74 Å². The Balaban J connectivity index is 1.87. The van der Waals surface area contributed by atoms with E-state index >= 15 is 0 Å². The lowest BCUT2D eigenvalue weighted by Crippen LogP contribution is -2.34. The molecule has 5 heteroatoms. The van der Waals surface area contributed by atoms with Gasteiger partial charge >= 0.3 is 0 Å². The quantitative estimate of drug-likeness (QED) is 0.902. The number of hydrogen-bond acceptors (Lipinski definition) is 2. The van der Waals surface area contributed by atoms with Crippen molar-refractivity contribution < 1.29 is 18.3 Å². The Labute approximate surface area is 117 Å². The van der Waals surface area contributed by atoms with Crippen molar-refractivity contribution in [2.75, 3.05) is 6.61 Å². The van der Waals surface area contributed by atoms with Gasteiger partial charge in [0.15, 0.2) is 0 Å². The molecule has 1 heterocycles. The van der Waals surface area contributed by atoms with Gasteiger partial charge in [-0.15, -0.1) is 0 Å². The molecule has 1 saturated heterocycles. The Kier molecular flexibility index (Phi) is 5.06. The summed E-state index contributed by atoms with van der Waals surface area (Å²) < 4.78 is 32.4. The summed E-state index contributed by atoms with van der Waals surface area (Å²) in [6.45, 7) is 2.62. The van der Waals surface area contributed by atoms with Crippen molar-refractivity contribution in [3.8, 4) is 0 Å². The number of nitrogens with one attached hydrogen (secondary N) is 1. The normalized spacial score (nSPS) is 19.9. The van der Waals surface area contributed by atoms with Gasteiger partial charge in [0, 0.05) is 12.6 Å². The van der Waals surface area contributed by atoms with Gasteiger partial charge in [0.05, 0.1) is 6.10 Å². The summed E-state index contributed by atoms with van der Waals surface area (Å²) in [5.74, 6) is -2.39. The Morgan fingerprint density at radius 2 is 2.15 bits per heavy atom. The number of halogens is 2. The maximum atomic E-state index is 13.5. The maximum absolute atomic E-state index is 13.5. The zero-order chi connectivity index (χ0) is 14.5. The van der Waals surface area contributed by atoms with Crippen LogP contribution in [0, 0.1) is 11.6 Å². The summed E-state index contributed by atoms with van der Waals surface area (Å²) >= 11 is 0. The SMILES string of the molecule is C[C@H](CC[C@H]1CCCO1)NC(=O)c1c(F)cccc1F. The summed E-state index contributed by atoms with van der Waals surface area (Å²) in [7, 11) is 0. The molecule has 0 aliphatic carbocycles. The first-order valence-electron chi connectivity index (χ1n) is 6.94. The second kappa shape index (κ2) is 6.79. The van der Waals surface area contributed by atoms with Gasteiger partial charge in [-0.3, -0.25) is 4.79 Å². The molecule has 0 bridgehead atoms. The second-order valence-electron chi connectivity index (χ2n) is 5.18. The molecule has 1 aromatic carbocycles. The average molecular weight is 283 g/mol. The highest BCUT2D eigenvalue weighted by molar-refractivity contribution is 5.94. The van der Waals surface area contributed by atoms with E-state index in [2.05, 4.69) is 5.32 Å². The van der Waals surface area contributed by atoms with E-state index in [9.17, 15) is 13.6 Å². The molecule has 2 atom stereocenters. The molecule has 2 rings (SSSR count). The third kappa shape index (κ3) is 3.76. The first-order chi connectivity index (χ1) is 9.58. The standard InChI is InChI=1S/C15H19F2NO2/c1-10(7-8-11-4-3-9-20-11)18-15(19)14-12(16)5-2-6-13(14)17/h2,5-6,10-11H,3-4,7-9H2,1H3,(H,18,19)/t10-,11-/m1/s1. The smallest absolute Gasteiger partial charge is 0.257 e. The average Bonchev–Trinajstić information content (AvgIpc) is 2.89. The van der Waals surface area contributed by atoms with Crippen molar-refractivity contribution in [2.45, 2.75) is 44.8 Å². The van der Waals surface area contributed by atoms with E-state index in [1.807, 2.05) is 6.92 Å². The molecule has 1 fully saturated rings. The van der Waals surface area contributed by atoms with E-state index in [1.165, 1.54) is 6.07 Å². The number of carbonyl (C=O) groups is 1. The Hall–Kier alpha value is -1.49. The van der Waals surface area contributed by atoms with Crippen molar-refractivity contribution in [1.29, 1.82) is 0 Å². The van der Waals surface area contributed by atoms with Crippen molar-refractivity contribution >= 4 is 5.91 Å². The molecule has 20 heavy (non-hydrogen) atoms. The molecule has 1 aliphatic heterocycles. The molecule has 0 radical (unpaired) electrons. The fourth-order valence-corrected chi connectivity index (χ4v) is 2.39. The predicted molar refractivity (Wildman–Crippen MR) is 71.5 cm³/mol. The van der Waals surface area contributed by atoms with Crippen LogP contribution in [-0.4, -0.2) is 24.7 Å². The van der Waals surface area contributed by atoms with Crippen molar-refractivity contribution in [2.24, 2.45) is 0 Å². The monoisotopic (exact) mass is 283 g/mol. The van der Waals surface area contributed by atoms with Crippen LogP contribution in [0.1, 0.15) is 43.0 Å². The van der Waals surface area contributed by atoms with Gasteiger partial charge in [-0.05, 0) is 44.7 Å². The van der Waals surface area contributed by atoms with Crippen LogP contribution in [0.3, 0.4) is 0 Å². The van der Waals surface area contributed by atoms with Crippen LogP contribution in [0.15, 0.2) is 18.2 Å². The number of amides is 1. The third-order valence-corrected chi connectivity index (χ3v) is 3.51. The molecule has 1 N–H and O–H groups in total. The number of ether oxygens (including phenoxy) is 1. The third-order valence-electron chi connectivity index (χ3n) is 3.51. The Morgan fingerprint density at radius 1 is 1.45 bits per heavy atom. The highest BCUT2D eigenvalue weighted by Gasteiger charge is 2.20. The van der Waals surface area contributed by atoms with Gasteiger partial charge in [0.25, 0.3) is 5.91 Å². The number of carbonyl (C=O) groups excluding carboxylic acids is 1. The molecule has 110 valence electrons. The summed E-state index contributed by atoms with van der Waals surface area (Å²) in [6.07, 6.45) is 3.95. The molecule has 1 aliphatic rings. The Bertz CT molecular complexity index is 453. The van der Waals surface area contributed by atoms with Crippen LogP contribution in [-0.2, 0) is 4.74 Å². The minimum atomic E-state index is -0.839. The van der Waals surface area contributed by atoms with Gasteiger partial charge < -0.3 is 10.1 Å². The number of benzene rings is 1. The lowest BCUT2D eigenvalue weighted by molar-refractivity contribution is 0.0892. The van der Waals surface area contributed by atoms with E-state index < -0.39 is 23.1 Å². The molecule has 3 nitrogen and oxygen atoms in total. The first kappa shape index (κ1) is 14.9. The Morgan fingerprint density at radius 3 is 2.75 bits per heavy atom. The van der Waals surface area contributed by atoms with E-state index in [0.29, 0.717) is 0 Å². The summed E-state index contributed by atoms with van der Waals surface area (Å²) in [5, 5.41) is 2.63. The van der Waals surface area contributed by atoms with Crippen LogP contribution in [0.25, 0.3) is 0 Å². The van der Waals surface area contributed by atoms with E-state index in [1.54, 1.807) is 0 Å². The van der Waals surface area contributed by atoms with Gasteiger partial charge in [-0.2, -0.15) is 0 Å². The zero-order valence-electron chi connectivity index (χ0n) is 11.5. The largest absolute Gasteiger partial charge is 0.378 e. The molecule has 1 amide bonds. The van der Waals surface area contributed by atoms with Gasteiger partial charge in [-0.1, -0.05) is 6.07 Å². The lowest BCUT2D eigenvalue weighted by atomic mass is 10.1. The van der Waals surface area contributed by atoms with Crippen molar-refractivity contribution in [3.63, 3.8) is 0 Å². The number of rotatable bonds is 5. The van der Waals surface area contributed by atoms with Crippen LogP contribution in [0.2, 0.25) is 0 Å². The molecule has 0 aromatic heterocycles. The highest BCUT2D eigenvalue weighted by Crippen LogP contribution is 2.18. The molecule has 0 unspecified atom stereocenters. The molecular weight excluding hydrogens is 264 g/mol. The summed E-state index contributed by atoms with van der Waals surface area (Å²) in [4.78, 5) is 11.9. The fraction of sp³-hybridized carbons (Fsp3) is 0.533. The van der Waals surface area contributed by atoms with Crippen LogP contribution >= 0.6 is 0 Å². The van der Waals surface area contributed by atoms with Gasteiger partial charge in [-0.25, -0.2) is 8.78 Å². The van der Waals surface area contributed by atoms with Gasteiger partial charge in [0.1, 0.15) is 17.2 Å². The molecule has 0 spiro atoms. The van der Waals surface area contributed by atoms with Crippen LogP contribution in [0.5, 0.6) is 0 Å². The molecule has 1 aromatic rings. The first-order valence-corrected chi connectivity index (χ1v) is 6.94. The van der Waals surface area contributed by atoms with Crippen LogP contribution in [0.4, 0.5) is 8.78 Å². The lowest BCUT2D eigenvalue weighted by Gasteiger charge is -2.16. The number of hydrogen-bond donors (Lipinski definition) is 1.